The molecule has 1 aromatic rings. The van der Waals surface area contributed by atoms with Crippen molar-refractivity contribution in [2.45, 2.75) is 4.83 Å². The smallest absolute Gasteiger partial charge is 0.138 e. The van der Waals surface area contributed by atoms with Crippen LogP contribution in [0, 0.1) is 11.6 Å². The van der Waals surface area contributed by atoms with E-state index in [2.05, 4.69) is 20.7 Å². The van der Waals surface area contributed by atoms with Gasteiger partial charge in [-0.25, -0.2) is 8.78 Å². The zero-order valence-electron chi connectivity index (χ0n) is 7.26. The van der Waals surface area contributed by atoms with Crippen molar-refractivity contribution in [2.24, 2.45) is 0 Å². The summed E-state index contributed by atoms with van der Waals surface area (Å²) in [6.45, 7) is 0. The van der Waals surface area contributed by atoms with E-state index in [9.17, 15) is 13.6 Å². The minimum absolute atomic E-state index is 0.0781. The molecule has 0 aliphatic heterocycles. The summed E-state index contributed by atoms with van der Waals surface area (Å²) in [6.07, 6.45) is 0.411. The molecule has 0 bridgehead atoms. The Bertz CT molecular complexity index is 332. The van der Waals surface area contributed by atoms with E-state index >= 15 is 0 Å². The quantitative estimate of drug-likeness (QED) is 0.620. The number of hydrogen-bond acceptors (Lipinski definition) is 2. The second-order valence-corrected chi connectivity index (χ2v) is 3.53. The normalized spacial score (nSPS) is 12.3. The Morgan fingerprint density at radius 1 is 1.43 bits per heavy atom. The highest BCUT2D eigenvalue weighted by Gasteiger charge is 2.18. The summed E-state index contributed by atoms with van der Waals surface area (Å²) < 4.78 is 31.1. The minimum Gasteiger partial charge on any atom is -0.497 e. The SMILES string of the molecule is COc1cc(F)c([C@H](Br)C=O)c(F)c1. The molecule has 0 amide bonds. The molecule has 0 unspecified atom stereocenters. The molecule has 0 aliphatic rings. The first-order chi connectivity index (χ1) is 6.60. The van der Waals surface area contributed by atoms with Gasteiger partial charge in [0.25, 0.3) is 0 Å². The van der Waals surface area contributed by atoms with Crippen molar-refractivity contribution < 1.29 is 18.3 Å². The van der Waals surface area contributed by atoms with E-state index in [1.165, 1.54) is 7.11 Å². The van der Waals surface area contributed by atoms with E-state index in [-0.39, 0.29) is 11.3 Å². The summed E-state index contributed by atoms with van der Waals surface area (Å²) in [5, 5.41) is 0. The predicted octanol–water partition coefficient (Wildman–Crippen LogP) is 2.61. The Morgan fingerprint density at radius 2 is 1.93 bits per heavy atom. The number of benzene rings is 1. The highest BCUT2D eigenvalue weighted by Crippen LogP contribution is 2.29. The average Bonchev–Trinajstić information content (AvgIpc) is 2.16. The fourth-order valence-corrected chi connectivity index (χ4v) is 1.45. The van der Waals surface area contributed by atoms with Crippen LogP contribution < -0.4 is 4.74 Å². The monoisotopic (exact) mass is 264 g/mol. The Morgan fingerprint density at radius 3 is 2.29 bits per heavy atom. The van der Waals surface area contributed by atoms with Gasteiger partial charge >= 0.3 is 0 Å². The second-order valence-electron chi connectivity index (χ2n) is 2.54. The van der Waals surface area contributed by atoms with Crippen molar-refractivity contribution in [2.75, 3.05) is 7.11 Å². The number of alkyl halides is 1. The van der Waals surface area contributed by atoms with E-state index in [1.807, 2.05) is 0 Å². The average molecular weight is 265 g/mol. The molecule has 2 nitrogen and oxygen atoms in total. The Labute approximate surface area is 88.0 Å². The van der Waals surface area contributed by atoms with Gasteiger partial charge in [-0.15, -0.1) is 0 Å². The van der Waals surface area contributed by atoms with Gasteiger partial charge < -0.3 is 9.53 Å². The molecule has 0 heterocycles. The van der Waals surface area contributed by atoms with E-state index in [0.29, 0.717) is 6.29 Å². The van der Waals surface area contributed by atoms with Crippen molar-refractivity contribution in [3.63, 3.8) is 0 Å². The zero-order chi connectivity index (χ0) is 10.7. The first kappa shape index (κ1) is 11.1. The number of carbonyl (C=O) groups excluding carboxylic acids is 1. The lowest BCUT2D eigenvalue weighted by atomic mass is 10.1. The predicted molar refractivity (Wildman–Crippen MR) is 50.6 cm³/mol. The summed E-state index contributed by atoms with van der Waals surface area (Å²) in [5.74, 6) is -1.54. The topological polar surface area (TPSA) is 26.3 Å². The molecule has 0 saturated carbocycles. The molecule has 0 aliphatic carbocycles. The van der Waals surface area contributed by atoms with Crippen molar-refractivity contribution in [3.8, 4) is 5.75 Å². The van der Waals surface area contributed by atoms with Crippen molar-refractivity contribution in [3.05, 3.63) is 29.3 Å². The number of halogens is 3. The molecular formula is C9H7BrF2O2. The van der Waals surface area contributed by atoms with Crippen LogP contribution in [0.25, 0.3) is 0 Å². The van der Waals surface area contributed by atoms with Crippen LogP contribution in [0.4, 0.5) is 8.78 Å². The van der Waals surface area contributed by atoms with E-state index in [4.69, 9.17) is 0 Å². The van der Waals surface area contributed by atoms with Crippen LogP contribution in [-0.4, -0.2) is 13.4 Å². The van der Waals surface area contributed by atoms with E-state index < -0.39 is 16.5 Å². The van der Waals surface area contributed by atoms with Crippen LogP contribution in [0.5, 0.6) is 5.75 Å². The zero-order valence-corrected chi connectivity index (χ0v) is 8.85. The van der Waals surface area contributed by atoms with Crippen LogP contribution >= 0.6 is 15.9 Å². The molecule has 0 saturated heterocycles. The van der Waals surface area contributed by atoms with Gasteiger partial charge in [-0.3, -0.25) is 0 Å². The van der Waals surface area contributed by atoms with Gasteiger partial charge in [0.05, 0.1) is 7.11 Å². The van der Waals surface area contributed by atoms with Gasteiger partial charge in [0.1, 0.15) is 28.5 Å². The standard InChI is InChI=1S/C9H7BrF2O2/c1-14-5-2-7(11)9(6(10)4-13)8(12)3-5/h2-4,6H,1H3/t6-/m1/s1. The van der Waals surface area contributed by atoms with Crippen LogP contribution in [0.3, 0.4) is 0 Å². The first-order valence-electron chi connectivity index (χ1n) is 3.72. The Kier molecular flexibility index (Phi) is 3.57. The Balaban J connectivity index is 3.24. The van der Waals surface area contributed by atoms with E-state index in [1.54, 1.807) is 0 Å². The first-order valence-corrected chi connectivity index (χ1v) is 4.64. The number of carbonyl (C=O) groups is 1. The molecular weight excluding hydrogens is 258 g/mol. The molecule has 1 atom stereocenters. The maximum absolute atomic E-state index is 13.2. The molecule has 14 heavy (non-hydrogen) atoms. The third-order valence-electron chi connectivity index (χ3n) is 1.68. The largest absolute Gasteiger partial charge is 0.497 e. The lowest BCUT2D eigenvalue weighted by Gasteiger charge is -2.08. The summed E-state index contributed by atoms with van der Waals surface area (Å²) >= 11 is 2.84. The van der Waals surface area contributed by atoms with Crippen molar-refractivity contribution in [1.82, 2.24) is 0 Å². The second kappa shape index (κ2) is 4.50. The molecule has 1 aromatic carbocycles. The number of ether oxygens (including phenoxy) is 1. The lowest BCUT2D eigenvalue weighted by molar-refractivity contribution is -0.107. The highest BCUT2D eigenvalue weighted by molar-refractivity contribution is 9.09. The molecule has 0 fully saturated rings. The van der Waals surface area contributed by atoms with Gasteiger partial charge in [-0.2, -0.15) is 0 Å². The third-order valence-corrected chi connectivity index (χ3v) is 2.36. The van der Waals surface area contributed by atoms with Crippen LogP contribution in [-0.2, 0) is 4.79 Å². The van der Waals surface area contributed by atoms with Crippen molar-refractivity contribution in [1.29, 1.82) is 0 Å². The lowest BCUT2D eigenvalue weighted by Crippen LogP contribution is -2.00. The number of hydrogen-bond donors (Lipinski definition) is 0. The third kappa shape index (κ3) is 2.09. The van der Waals surface area contributed by atoms with Gasteiger partial charge in [0.15, 0.2) is 0 Å². The summed E-state index contributed by atoms with van der Waals surface area (Å²) in [7, 11) is 1.30. The van der Waals surface area contributed by atoms with Gasteiger partial charge in [-0.1, -0.05) is 15.9 Å². The summed E-state index contributed by atoms with van der Waals surface area (Å²) in [6, 6.07) is 2.05. The minimum atomic E-state index is -0.978. The number of methoxy groups -OCH3 is 1. The molecule has 0 spiro atoms. The maximum Gasteiger partial charge on any atom is 0.138 e. The number of rotatable bonds is 3. The number of aldehydes is 1. The fourth-order valence-electron chi connectivity index (χ4n) is 1.01. The Hall–Kier alpha value is -0.970. The molecule has 0 radical (unpaired) electrons. The van der Waals surface area contributed by atoms with Crippen LogP contribution in [0.2, 0.25) is 0 Å². The molecule has 76 valence electrons. The fraction of sp³-hybridized carbons (Fsp3) is 0.222. The molecule has 0 N–H and O–H groups in total. The van der Waals surface area contributed by atoms with Crippen molar-refractivity contribution >= 4 is 22.2 Å². The molecule has 1 rings (SSSR count). The summed E-state index contributed by atoms with van der Waals surface area (Å²) in [5.41, 5.74) is -0.305. The summed E-state index contributed by atoms with van der Waals surface area (Å²) in [4.78, 5) is 9.37. The van der Waals surface area contributed by atoms with Gasteiger partial charge in [-0.05, 0) is 0 Å². The van der Waals surface area contributed by atoms with Gasteiger partial charge in [0.2, 0.25) is 0 Å². The van der Waals surface area contributed by atoms with Crippen LogP contribution in [0.15, 0.2) is 12.1 Å². The molecule has 0 aromatic heterocycles. The van der Waals surface area contributed by atoms with Crippen LogP contribution in [0.1, 0.15) is 10.4 Å². The maximum atomic E-state index is 13.2. The molecule has 5 heteroatoms. The van der Waals surface area contributed by atoms with E-state index in [0.717, 1.165) is 12.1 Å². The van der Waals surface area contributed by atoms with Gasteiger partial charge in [0, 0.05) is 17.7 Å². The highest BCUT2D eigenvalue weighted by atomic mass is 79.9.